The Bertz CT molecular complexity index is 1510. The molecule has 1 saturated heterocycles. The third-order valence-electron chi connectivity index (χ3n) is 8.43. The van der Waals surface area contributed by atoms with Crippen molar-refractivity contribution in [3.8, 4) is 0 Å². The summed E-state index contributed by atoms with van der Waals surface area (Å²) in [5.74, 6) is -3.99. The Balaban J connectivity index is 1.45. The Kier molecular flexibility index (Phi) is 9.79. The van der Waals surface area contributed by atoms with Gasteiger partial charge in [0, 0.05) is 23.6 Å². The number of benzene rings is 2. The predicted octanol–water partition coefficient (Wildman–Crippen LogP) is 2.18. The first-order valence-electron chi connectivity index (χ1n) is 13.9. The maximum absolute atomic E-state index is 13.7. The number of carbonyl (C=O) groups excluding carboxylic acids is 2. The number of carboxylic acid groups (broad SMARTS) is 2. The quantitative estimate of drug-likeness (QED) is 0.260. The van der Waals surface area contributed by atoms with Gasteiger partial charge in [0.1, 0.15) is 17.0 Å². The molecule has 1 aliphatic heterocycles. The maximum Gasteiger partial charge on any atom is 0.326 e. The highest BCUT2D eigenvalue weighted by Crippen LogP contribution is 2.40. The summed E-state index contributed by atoms with van der Waals surface area (Å²) in [6, 6.07) is 8.92. The van der Waals surface area contributed by atoms with Crippen molar-refractivity contribution in [1.29, 1.82) is 0 Å². The number of nitrogens with zero attached hydrogens (tertiary/aromatic N) is 1. The Labute approximate surface area is 254 Å². The second kappa shape index (κ2) is 13.0. The molecule has 0 bridgehead atoms. The molecule has 43 heavy (non-hydrogen) atoms. The fraction of sp³-hybridized carbons (Fsp3) is 0.448. The highest BCUT2D eigenvalue weighted by atomic mass is 35.5. The Morgan fingerprint density at radius 1 is 1.02 bits per heavy atom. The van der Waals surface area contributed by atoms with E-state index in [1.807, 2.05) is 18.2 Å². The molecule has 6 unspecified atom stereocenters. The molecule has 2 amide bonds. The fourth-order valence-electron chi connectivity index (χ4n) is 6.24. The number of primary sulfonamides is 1. The van der Waals surface area contributed by atoms with Crippen LogP contribution in [-0.4, -0.2) is 77.5 Å². The number of carboxylic acids is 2. The number of hydrogen-bond donors (Lipinski definition) is 5. The summed E-state index contributed by atoms with van der Waals surface area (Å²) in [4.78, 5) is 52.0. The zero-order valence-electron chi connectivity index (χ0n) is 23.6. The summed E-state index contributed by atoms with van der Waals surface area (Å²) < 4.78 is 23.6. The van der Waals surface area contributed by atoms with E-state index in [0.717, 1.165) is 11.6 Å². The molecule has 2 aromatic rings. The Hall–Kier alpha value is -3.52. The van der Waals surface area contributed by atoms with Crippen molar-refractivity contribution in [2.24, 2.45) is 11.1 Å². The molecule has 12 nitrogen and oxygen atoms in total. The molecule has 7 atom stereocenters. The molecule has 0 radical (unpaired) electrons. The zero-order chi connectivity index (χ0) is 31.6. The second-order valence-corrected chi connectivity index (χ2v) is 13.2. The smallest absolute Gasteiger partial charge is 0.326 e. The first kappa shape index (κ1) is 32.4. The van der Waals surface area contributed by atoms with Crippen LogP contribution in [0.4, 0.5) is 0 Å². The van der Waals surface area contributed by atoms with E-state index in [2.05, 4.69) is 10.6 Å². The molecule has 1 aliphatic carbocycles. The lowest BCUT2D eigenvalue weighted by atomic mass is 9.81. The van der Waals surface area contributed by atoms with E-state index in [1.165, 1.54) is 24.0 Å². The minimum absolute atomic E-state index is 0.0554. The molecule has 0 aromatic heterocycles. The lowest BCUT2D eigenvalue weighted by Gasteiger charge is -2.38. The molecule has 2 fully saturated rings. The molecule has 232 valence electrons. The highest BCUT2D eigenvalue weighted by molar-refractivity contribution is 7.89. The van der Waals surface area contributed by atoms with Crippen LogP contribution in [0.2, 0.25) is 5.02 Å². The van der Waals surface area contributed by atoms with E-state index in [4.69, 9.17) is 16.7 Å². The van der Waals surface area contributed by atoms with Crippen LogP contribution >= 0.6 is 11.6 Å². The SMILES string of the molecule is CC(c1ccccc1)C(N[C@@H](C)C(=O)N1C(C(=O)O)CC2CC(NC(=O)c3ccc(Cl)c(S(N)(=O)=O)c3)CCC21)C(=O)O. The van der Waals surface area contributed by atoms with Crippen molar-refractivity contribution in [2.75, 3.05) is 0 Å². The molecule has 6 N–H and O–H groups in total. The fourth-order valence-corrected chi connectivity index (χ4v) is 7.31. The maximum atomic E-state index is 13.7. The van der Waals surface area contributed by atoms with Gasteiger partial charge in [0.2, 0.25) is 15.9 Å². The van der Waals surface area contributed by atoms with Crippen molar-refractivity contribution in [3.05, 3.63) is 64.7 Å². The van der Waals surface area contributed by atoms with E-state index in [-0.39, 0.29) is 33.9 Å². The summed E-state index contributed by atoms with van der Waals surface area (Å²) in [5, 5.41) is 30.8. The van der Waals surface area contributed by atoms with Crippen LogP contribution in [-0.2, 0) is 24.4 Å². The molecule has 0 spiro atoms. The normalized spacial score (nSPS) is 24.0. The number of nitrogens with one attached hydrogen (secondary N) is 2. The number of nitrogens with two attached hydrogens (primary N) is 1. The minimum atomic E-state index is -4.14. The van der Waals surface area contributed by atoms with E-state index in [1.54, 1.807) is 19.1 Å². The van der Waals surface area contributed by atoms with Gasteiger partial charge in [0.15, 0.2) is 0 Å². The van der Waals surface area contributed by atoms with Gasteiger partial charge in [0.05, 0.1) is 11.1 Å². The molecule has 1 saturated carbocycles. The summed E-state index contributed by atoms with van der Waals surface area (Å²) in [7, 11) is -4.14. The topological polar surface area (TPSA) is 196 Å². The van der Waals surface area contributed by atoms with Gasteiger partial charge in [-0.15, -0.1) is 0 Å². The molecule has 14 heteroatoms. The van der Waals surface area contributed by atoms with Crippen molar-refractivity contribution in [3.63, 3.8) is 0 Å². The van der Waals surface area contributed by atoms with E-state index in [9.17, 15) is 37.8 Å². The Morgan fingerprint density at radius 2 is 1.70 bits per heavy atom. The van der Waals surface area contributed by atoms with Crippen molar-refractivity contribution in [1.82, 2.24) is 15.5 Å². The molecular formula is C29H35ClN4O8S. The largest absolute Gasteiger partial charge is 0.480 e. The van der Waals surface area contributed by atoms with Crippen molar-refractivity contribution < 1.29 is 37.8 Å². The van der Waals surface area contributed by atoms with Crippen LogP contribution < -0.4 is 15.8 Å². The number of sulfonamides is 1. The number of aliphatic carboxylic acids is 2. The third-order valence-corrected chi connectivity index (χ3v) is 9.82. The van der Waals surface area contributed by atoms with Crippen LogP contribution in [0.1, 0.15) is 61.4 Å². The molecular weight excluding hydrogens is 600 g/mol. The van der Waals surface area contributed by atoms with Gasteiger partial charge < -0.3 is 20.4 Å². The van der Waals surface area contributed by atoms with Crippen molar-refractivity contribution in [2.45, 2.75) is 80.6 Å². The minimum Gasteiger partial charge on any atom is -0.480 e. The first-order chi connectivity index (χ1) is 20.2. The van der Waals surface area contributed by atoms with Crippen LogP contribution in [0, 0.1) is 5.92 Å². The number of likely N-dealkylation sites (tertiary alicyclic amines) is 1. The van der Waals surface area contributed by atoms with Gasteiger partial charge in [-0.2, -0.15) is 0 Å². The molecule has 2 aromatic carbocycles. The molecule has 4 rings (SSSR count). The second-order valence-electron chi connectivity index (χ2n) is 11.2. The van der Waals surface area contributed by atoms with Gasteiger partial charge in [-0.05, 0) is 62.3 Å². The van der Waals surface area contributed by atoms with Crippen molar-refractivity contribution >= 4 is 45.4 Å². The lowest BCUT2D eigenvalue weighted by Crippen LogP contribution is -2.57. The first-order valence-corrected chi connectivity index (χ1v) is 15.8. The van der Waals surface area contributed by atoms with Crippen LogP contribution in [0.5, 0.6) is 0 Å². The Morgan fingerprint density at radius 3 is 2.30 bits per heavy atom. The summed E-state index contributed by atoms with van der Waals surface area (Å²) in [5.41, 5.74) is 0.839. The number of rotatable bonds is 10. The summed E-state index contributed by atoms with van der Waals surface area (Å²) in [6.07, 6.45) is 1.46. The number of hydrogen-bond acceptors (Lipinski definition) is 7. The number of fused-ring (bicyclic) bond motifs is 1. The average molecular weight is 635 g/mol. The standard InChI is InChI=1S/C29H35ClN4O8S/c1-15(17-6-4-3-5-7-17)25(29(39)40)32-16(2)27(36)34-22-11-9-20(12-19(22)13-23(34)28(37)38)33-26(35)18-8-10-21(30)24(14-18)43(31,41)42/h3-8,10,14-16,19-20,22-23,25,32H,9,11-13H2,1-2H3,(H,33,35)(H,37,38)(H,39,40)(H2,31,41,42)/t15?,16-,19?,20?,22?,23?,25?/m0/s1. The summed E-state index contributed by atoms with van der Waals surface area (Å²) >= 11 is 5.92. The van der Waals surface area contributed by atoms with Crippen LogP contribution in [0.15, 0.2) is 53.4 Å². The van der Waals surface area contributed by atoms with Gasteiger partial charge in [0.25, 0.3) is 5.91 Å². The van der Waals surface area contributed by atoms with Crippen LogP contribution in [0.25, 0.3) is 0 Å². The number of carbonyl (C=O) groups is 4. The average Bonchev–Trinajstić information content (AvgIpc) is 3.34. The van der Waals surface area contributed by atoms with Gasteiger partial charge in [-0.3, -0.25) is 19.7 Å². The van der Waals surface area contributed by atoms with Gasteiger partial charge in [-0.1, -0.05) is 48.9 Å². The monoisotopic (exact) mass is 634 g/mol. The van der Waals surface area contributed by atoms with E-state index < -0.39 is 63.9 Å². The van der Waals surface area contributed by atoms with Gasteiger partial charge in [-0.25, -0.2) is 18.4 Å². The summed E-state index contributed by atoms with van der Waals surface area (Å²) in [6.45, 7) is 3.29. The number of amides is 2. The zero-order valence-corrected chi connectivity index (χ0v) is 25.2. The molecule has 2 aliphatic rings. The molecule has 1 heterocycles. The van der Waals surface area contributed by atoms with Gasteiger partial charge >= 0.3 is 11.9 Å². The predicted molar refractivity (Wildman–Crippen MR) is 157 cm³/mol. The third kappa shape index (κ3) is 7.18. The lowest BCUT2D eigenvalue weighted by molar-refractivity contribution is -0.151. The highest BCUT2D eigenvalue weighted by Gasteiger charge is 2.50. The van der Waals surface area contributed by atoms with E-state index >= 15 is 0 Å². The number of halogens is 1. The van der Waals surface area contributed by atoms with Crippen LogP contribution in [0.3, 0.4) is 0 Å². The van der Waals surface area contributed by atoms with E-state index in [0.29, 0.717) is 19.3 Å².